The maximum absolute atomic E-state index is 9.03. The highest BCUT2D eigenvalue weighted by Gasteiger charge is 2.18. The van der Waals surface area contributed by atoms with Crippen LogP contribution in [0.15, 0.2) is 0 Å². The molecule has 1 saturated heterocycles. The third-order valence-electron chi connectivity index (χ3n) is 2.96. The Hall–Kier alpha value is -1.54. The van der Waals surface area contributed by atoms with Crippen molar-refractivity contribution in [2.24, 2.45) is 7.05 Å². The van der Waals surface area contributed by atoms with E-state index in [1.54, 1.807) is 11.7 Å². The second-order valence-electron chi connectivity index (χ2n) is 4.30. The number of ether oxygens (including phenoxy) is 2. The van der Waals surface area contributed by atoms with Crippen molar-refractivity contribution >= 4 is 0 Å². The molecule has 0 amide bonds. The van der Waals surface area contributed by atoms with E-state index in [1.807, 2.05) is 6.92 Å². The van der Waals surface area contributed by atoms with E-state index in [-0.39, 0.29) is 6.10 Å². The zero-order valence-corrected chi connectivity index (χ0v) is 10.3. The summed E-state index contributed by atoms with van der Waals surface area (Å²) in [4.78, 5) is 0. The number of nitriles is 1. The number of nitrogens with zero attached hydrogens (tertiary/aromatic N) is 3. The van der Waals surface area contributed by atoms with Gasteiger partial charge in [0.15, 0.2) is 0 Å². The summed E-state index contributed by atoms with van der Waals surface area (Å²) in [5.74, 6) is 0.541. The van der Waals surface area contributed by atoms with Crippen LogP contribution in [-0.2, 0) is 11.8 Å². The summed E-state index contributed by atoms with van der Waals surface area (Å²) in [5.41, 5.74) is 1.22. The van der Waals surface area contributed by atoms with E-state index in [4.69, 9.17) is 14.7 Å². The fraction of sp³-hybridized carbons (Fsp3) is 0.667. The van der Waals surface area contributed by atoms with Crippen LogP contribution in [0.3, 0.4) is 0 Å². The van der Waals surface area contributed by atoms with Crippen LogP contribution in [0.1, 0.15) is 30.5 Å². The van der Waals surface area contributed by atoms with Gasteiger partial charge >= 0.3 is 0 Å². The van der Waals surface area contributed by atoms with Crippen LogP contribution in [-0.4, -0.2) is 29.1 Å². The Morgan fingerprint density at radius 3 is 3.06 bits per heavy atom. The lowest BCUT2D eigenvalue weighted by molar-refractivity contribution is -0.0127. The van der Waals surface area contributed by atoms with Crippen molar-refractivity contribution in [3.05, 3.63) is 11.3 Å². The molecule has 2 heterocycles. The van der Waals surface area contributed by atoms with Crippen LogP contribution >= 0.6 is 0 Å². The van der Waals surface area contributed by atoms with Crippen molar-refractivity contribution in [2.45, 2.75) is 32.3 Å². The molecule has 1 aromatic rings. The van der Waals surface area contributed by atoms with Gasteiger partial charge in [0.2, 0.25) is 5.88 Å². The van der Waals surface area contributed by atoms with Crippen molar-refractivity contribution in [3.8, 4) is 11.9 Å². The first-order chi connectivity index (χ1) is 8.22. The molecule has 0 aliphatic carbocycles. The summed E-state index contributed by atoms with van der Waals surface area (Å²) in [6, 6.07) is 2.12. The number of aryl methyl sites for hydroxylation is 2. The number of aromatic nitrogens is 2. The van der Waals surface area contributed by atoms with Crippen LogP contribution in [0, 0.1) is 18.3 Å². The van der Waals surface area contributed by atoms with Crippen molar-refractivity contribution < 1.29 is 9.47 Å². The minimum Gasteiger partial charge on any atom is -0.474 e. The van der Waals surface area contributed by atoms with Gasteiger partial charge in [-0.05, 0) is 26.2 Å². The molecular formula is C12H17N3O2. The van der Waals surface area contributed by atoms with Gasteiger partial charge in [-0.25, -0.2) is 4.68 Å². The minimum absolute atomic E-state index is 0.144. The average Bonchev–Trinajstić information content (AvgIpc) is 2.62. The molecule has 1 unspecified atom stereocenters. The van der Waals surface area contributed by atoms with Gasteiger partial charge in [0.25, 0.3) is 0 Å². The second-order valence-corrected chi connectivity index (χ2v) is 4.30. The van der Waals surface area contributed by atoms with Gasteiger partial charge in [0.05, 0.1) is 11.8 Å². The zero-order chi connectivity index (χ0) is 12.3. The van der Waals surface area contributed by atoms with Crippen molar-refractivity contribution in [3.63, 3.8) is 0 Å². The maximum atomic E-state index is 9.03. The highest BCUT2D eigenvalue weighted by Crippen LogP contribution is 2.21. The Morgan fingerprint density at radius 2 is 2.41 bits per heavy atom. The van der Waals surface area contributed by atoms with E-state index in [9.17, 15) is 0 Å². The standard InChI is InChI=1S/C12H17N3O2/c1-9-11(7-13)12(15(2)14-9)17-8-10-5-3-4-6-16-10/h10H,3-6,8H2,1-2H3. The highest BCUT2D eigenvalue weighted by molar-refractivity contribution is 5.41. The largest absolute Gasteiger partial charge is 0.474 e. The summed E-state index contributed by atoms with van der Waals surface area (Å²) < 4.78 is 12.9. The summed E-state index contributed by atoms with van der Waals surface area (Å²) in [5, 5.41) is 13.2. The average molecular weight is 235 g/mol. The SMILES string of the molecule is Cc1nn(C)c(OCC2CCCCO2)c1C#N. The van der Waals surface area contributed by atoms with Gasteiger partial charge in [-0.15, -0.1) is 0 Å². The van der Waals surface area contributed by atoms with Gasteiger partial charge in [0.1, 0.15) is 18.2 Å². The maximum Gasteiger partial charge on any atom is 0.230 e. The molecule has 5 heteroatoms. The lowest BCUT2D eigenvalue weighted by atomic mass is 10.1. The zero-order valence-electron chi connectivity index (χ0n) is 10.3. The molecule has 0 saturated carbocycles. The first-order valence-electron chi connectivity index (χ1n) is 5.90. The molecule has 0 aromatic carbocycles. The Bertz CT molecular complexity index is 428. The monoisotopic (exact) mass is 235 g/mol. The molecule has 0 N–H and O–H groups in total. The van der Waals surface area contributed by atoms with Crippen molar-refractivity contribution in [1.82, 2.24) is 9.78 Å². The smallest absolute Gasteiger partial charge is 0.230 e. The van der Waals surface area contributed by atoms with Crippen LogP contribution < -0.4 is 4.74 Å². The molecule has 1 aliphatic rings. The van der Waals surface area contributed by atoms with Crippen LogP contribution in [0.4, 0.5) is 0 Å². The Kier molecular flexibility index (Phi) is 3.64. The molecule has 2 rings (SSSR count). The number of hydrogen-bond acceptors (Lipinski definition) is 4. The van der Waals surface area contributed by atoms with Crippen molar-refractivity contribution in [2.75, 3.05) is 13.2 Å². The first-order valence-corrected chi connectivity index (χ1v) is 5.90. The van der Waals surface area contributed by atoms with Crippen LogP contribution in [0.5, 0.6) is 5.88 Å². The molecule has 1 aromatic heterocycles. The highest BCUT2D eigenvalue weighted by atomic mass is 16.5. The molecule has 1 atom stereocenters. The molecular weight excluding hydrogens is 218 g/mol. The summed E-state index contributed by atoms with van der Waals surface area (Å²) in [7, 11) is 1.78. The van der Waals surface area contributed by atoms with E-state index in [1.165, 1.54) is 6.42 Å². The Morgan fingerprint density at radius 1 is 1.59 bits per heavy atom. The van der Waals surface area contributed by atoms with E-state index < -0.39 is 0 Å². The van der Waals surface area contributed by atoms with E-state index in [0.717, 1.165) is 19.4 Å². The van der Waals surface area contributed by atoms with Gasteiger partial charge in [-0.1, -0.05) is 0 Å². The summed E-state index contributed by atoms with van der Waals surface area (Å²) >= 11 is 0. The lowest BCUT2D eigenvalue weighted by Gasteiger charge is -2.22. The quantitative estimate of drug-likeness (QED) is 0.797. The molecule has 17 heavy (non-hydrogen) atoms. The summed E-state index contributed by atoms with van der Waals surface area (Å²) in [6.07, 6.45) is 3.48. The third-order valence-corrected chi connectivity index (χ3v) is 2.96. The minimum atomic E-state index is 0.144. The predicted octanol–water partition coefficient (Wildman–Crippen LogP) is 1.55. The molecule has 92 valence electrons. The fourth-order valence-corrected chi connectivity index (χ4v) is 2.04. The fourth-order valence-electron chi connectivity index (χ4n) is 2.04. The molecule has 0 spiro atoms. The molecule has 0 radical (unpaired) electrons. The summed E-state index contributed by atoms with van der Waals surface area (Å²) in [6.45, 7) is 3.11. The molecule has 1 aliphatic heterocycles. The van der Waals surface area contributed by atoms with E-state index in [0.29, 0.717) is 23.7 Å². The van der Waals surface area contributed by atoms with E-state index in [2.05, 4.69) is 11.2 Å². The predicted molar refractivity (Wildman–Crippen MR) is 61.7 cm³/mol. The molecule has 0 bridgehead atoms. The topological polar surface area (TPSA) is 60.1 Å². The molecule has 1 fully saturated rings. The van der Waals surface area contributed by atoms with E-state index >= 15 is 0 Å². The first kappa shape index (κ1) is 11.9. The van der Waals surface area contributed by atoms with Crippen molar-refractivity contribution in [1.29, 1.82) is 5.26 Å². The van der Waals surface area contributed by atoms with Crippen LogP contribution in [0.25, 0.3) is 0 Å². The lowest BCUT2D eigenvalue weighted by Crippen LogP contribution is -2.26. The van der Waals surface area contributed by atoms with Gasteiger partial charge in [0, 0.05) is 13.7 Å². The Balaban J connectivity index is 2.01. The number of rotatable bonds is 3. The molecule has 5 nitrogen and oxygen atoms in total. The Labute approximate surface area is 101 Å². The normalized spacial score (nSPS) is 19.9. The van der Waals surface area contributed by atoms with Crippen LogP contribution in [0.2, 0.25) is 0 Å². The van der Waals surface area contributed by atoms with Gasteiger partial charge in [-0.2, -0.15) is 10.4 Å². The van der Waals surface area contributed by atoms with Gasteiger partial charge in [-0.3, -0.25) is 0 Å². The third kappa shape index (κ3) is 2.59. The number of hydrogen-bond donors (Lipinski definition) is 0. The second kappa shape index (κ2) is 5.19. The van der Waals surface area contributed by atoms with Gasteiger partial charge < -0.3 is 9.47 Å².